The monoisotopic (exact) mass is 377 g/mol. The molecule has 3 heterocycles. The number of aryl methyl sites for hydroxylation is 1. The number of thiophene rings is 1. The second-order valence-corrected chi connectivity index (χ2v) is 7.61. The summed E-state index contributed by atoms with van der Waals surface area (Å²) in [5, 5.41) is 17.1. The molecule has 7 nitrogen and oxygen atoms in total. The molecule has 0 atom stereocenters. The number of ether oxygens (including phenoxy) is 1. The van der Waals surface area contributed by atoms with E-state index in [-0.39, 0.29) is 17.5 Å². The molecule has 1 saturated heterocycles. The van der Waals surface area contributed by atoms with Gasteiger partial charge in [-0.15, -0.1) is 11.3 Å². The Hall–Kier alpha value is -2.19. The Bertz CT molecular complexity index is 834. The topological polar surface area (TPSA) is 93.5 Å². The quantitative estimate of drug-likeness (QED) is 0.833. The highest BCUT2D eigenvalue weighted by atomic mass is 32.1. The number of rotatable bonds is 5. The molecule has 0 aliphatic carbocycles. The molecule has 2 aromatic rings. The van der Waals surface area contributed by atoms with Gasteiger partial charge in [-0.3, -0.25) is 9.48 Å². The predicted molar refractivity (Wildman–Crippen MR) is 99.4 cm³/mol. The molecule has 1 aliphatic rings. The number of carbonyl (C=O) groups excluding carboxylic acids is 1. The molecule has 1 aliphatic heterocycles. The van der Waals surface area contributed by atoms with Crippen LogP contribution in [0.5, 0.6) is 0 Å². The highest BCUT2D eigenvalue weighted by molar-refractivity contribution is 7.16. The molecule has 0 spiro atoms. The summed E-state index contributed by atoms with van der Waals surface area (Å²) in [5.41, 5.74) is 2.22. The van der Waals surface area contributed by atoms with Crippen molar-refractivity contribution in [2.24, 2.45) is 0 Å². The van der Waals surface area contributed by atoms with Crippen molar-refractivity contribution in [1.29, 1.82) is 0 Å². The van der Waals surface area contributed by atoms with E-state index in [1.807, 2.05) is 25.5 Å². The van der Waals surface area contributed by atoms with E-state index in [0.717, 1.165) is 29.0 Å². The van der Waals surface area contributed by atoms with Crippen molar-refractivity contribution in [2.45, 2.75) is 46.1 Å². The van der Waals surface area contributed by atoms with Gasteiger partial charge in [0.25, 0.3) is 5.91 Å². The van der Waals surface area contributed by atoms with Crippen molar-refractivity contribution in [2.75, 3.05) is 18.5 Å². The van der Waals surface area contributed by atoms with Crippen molar-refractivity contribution in [3.05, 3.63) is 33.5 Å². The largest absolute Gasteiger partial charge is 0.478 e. The maximum Gasteiger partial charge on any atom is 0.339 e. The number of hydrogen-bond donors (Lipinski definition) is 2. The van der Waals surface area contributed by atoms with Crippen LogP contribution < -0.4 is 5.32 Å². The van der Waals surface area contributed by atoms with Gasteiger partial charge in [0, 0.05) is 23.8 Å². The van der Waals surface area contributed by atoms with E-state index in [1.165, 1.54) is 11.3 Å². The molecule has 26 heavy (non-hydrogen) atoms. The first-order valence-electron chi connectivity index (χ1n) is 8.72. The van der Waals surface area contributed by atoms with Crippen LogP contribution in [0.1, 0.15) is 62.7 Å². The van der Waals surface area contributed by atoms with E-state index in [1.54, 1.807) is 6.20 Å². The number of aromatic nitrogens is 2. The van der Waals surface area contributed by atoms with Crippen molar-refractivity contribution >= 4 is 28.2 Å². The van der Waals surface area contributed by atoms with Crippen LogP contribution in [0.15, 0.2) is 6.20 Å². The molecule has 2 aromatic heterocycles. The minimum absolute atomic E-state index is 0.192. The van der Waals surface area contributed by atoms with Gasteiger partial charge in [-0.1, -0.05) is 6.92 Å². The Labute approximate surface area is 156 Å². The molecule has 2 N–H and O–H groups in total. The number of aromatic carboxylic acids is 1. The molecule has 0 saturated carbocycles. The first kappa shape index (κ1) is 18.6. The van der Waals surface area contributed by atoms with Crippen LogP contribution in [0.2, 0.25) is 0 Å². The average molecular weight is 377 g/mol. The number of carbonyl (C=O) groups is 2. The smallest absolute Gasteiger partial charge is 0.339 e. The summed E-state index contributed by atoms with van der Waals surface area (Å²) in [4.78, 5) is 25.3. The van der Waals surface area contributed by atoms with E-state index >= 15 is 0 Å². The summed E-state index contributed by atoms with van der Waals surface area (Å²) >= 11 is 1.30. The summed E-state index contributed by atoms with van der Waals surface area (Å²) in [6, 6.07) is 0.232. The van der Waals surface area contributed by atoms with E-state index < -0.39 is 5.97 Å². The van der Waals surface area contributed by atoms with Gasteiger partial charge < -0.3 is 15.2 Å². The maximum absolute atomic E-state index is 12.7. The maximum atomic E-state index is 12.7. The number of amides is 1. The standard InChI is InChI=1S/C18H23N3O4S/c1-4-13-11(3)26-17(15(13)18(23)24)20-16(22)14-9-19-21(10(14)2)12-5-7-25-8-6-12/h9,12H,4-8H2,1-3H3,(H,20,22)(H,23,24). The fraction of sp³-hybridized carbons (Fsp3) is 0.500. The van der Waals surface area contributed by atoms with Gasteiger partial charge in [-0.05, 0) is 38.7 Å². The Morgan fingerprint density at radius 2 is 2.08 bits per heavy atom. The van der Waals surface area contributed by atoms with Crippen LogP contribution in [-0.4, -0.2) is 40.0 Å². The number of nitrogens with zero attached hydrogens (tertiary/aromatic N) is 2. The Kier molecular flexibility index (Phi) is 5.43. The lowest BCUT2D eigenvalue weighted by molar-refractivity contribution is 0.0656. The first-order valence-corrected chi connectivity index (χ1v) is 9.54. The molecule has 140 valence electrons. The summed E-state index contributed by atoms with van der Waals surface area (Å²) in [6.45, 7) is 7.05. The number of hydrogen-bond acceptors (Lipinski definition) is 5. The van der Waals surface area contributed by atoms with Crippen LogP contribution in [0.3, 0.4) is 0 Å². The van der Waals surface area contributed by atoms with E-state index in [2.05, 4.69) is 10.4 Å². The number of nitrogens with one attached hydrogen (secondary N) is 1. The third-order valence-corrected chi connectivity index (χ3v) is 5.89. The van der Waals surface area contributed by atoms with Crippen LogP contribution in [-0.2, 0) is 11.2 Å². The molecule has 0 radical (unpaired) electrons. The number of carboxylic acids is 1. The fourth-order valence-corrected chi connectivity index (χ4v) is 4.57. The third-order valence-electron chi connectivity index (χ3n) is 4.83. The number of carboxylic acid groups (broad SMARTS) is 1. The molecular weight excluding hydrogens is 354 g/mol. The van der Waals surface area contributed by atoms with Gasteiger partial charge >= 0.3 is 5.97 Å². The lowest BCUT2D eigenvalue weighted by Crippen LogP contribution is -2.22. The van der Waals surface area contributed by atoms with Crippen molar-refractivity contribution in [1.82, 2.24) is 9.78 Å². The summed E-state index contributed by atoms with van der Waals surface area (Å²) < 4.78 is 7.26. The highest BCUT2D eigenvalue weighted by Gasteiger charge is 2.25. The Balaban J connectivity index is 1.85. The second kappa shape index (κ2) is 7.59. The lowest BCUT2D eigenvalue weighted by Gasteiger charge is -2.23. The van der Waals surface area contributed by atoms with Crippen molar-refractivity contribution < 1.29 is 19.4 Å². The van der Waals surface area contributed by atoms with Gasteiger partial charge in [-0.2, -0.15) is 5.10 Å². The van der Waals surface area contributed by atoms with Crippen LogP contribution in [0.4, 0.5) is 5.00 Å². The van der Waals surface area contributed by atoms with Crippen molar-refractivity contribution in [3.8, 4) is 0 Å². The highest BCUT2D eigenvalue weighted by Crippen LogP contribution is 2.34. The van der Waals surface area contributed by atoms with Gasteiger partial charge in [-0.25, -0.2) is 4.79 Å². The minimum Gasteiger partial charge on any atom is -0.478 e. The molecular formula is C18H23N3O4S. The second-order valence-electron chi connectivity index (χ2n) is 6.39. The zero-order chi connectivity index (χ0) is 18.8. The molecule has 0 bridgehead atoms. The normalized spacial score (nSPS) is 15.2. The van der Waals surface area contributed by atoms with E-state index in [4.69, 9.17) is 4.74 Å². The van der Waals surface area contributed by atoms with Crippen LogP contribution in [0, 0.1) is 13.8 Å². The molecule has 0 unspecified atom stereocenters. The molecule has 0 aromatic carbocycles. The summed E-state index contributed by atoms with van der Waals surface area (Å²) in [5.74, 6) is -1.34. The van der Waals surface area contributed by atoms with Gasteiger partial charge in [0.15, 0.2) is 0 Å². The predicted octanol–water partition coefficient (Wildman–Crippen LogP) is 3.43. The lowest BCUT2D eigenvalue weighted by atomic mass is 10.1. The summed E-state index contributed by atoms with van der Waals surface area (Å²) in [7, 11) is 0. The molecule has 1 fully saturated rings. The average Bonchev–Trinajstić information content (AvgIpc) is 3.15. The Morgan fingerprint density at radius 1 is 1.38 bits per heavy atom. The van der Waals surface area contributed by atoms with Crippen molar-refractivity contribution in [3.63, 3.8) is 0 Å². The third kappa shape index (κ3) is 3.39. The zero-order valence-corrected chi connectivity index (χ0v) is 16.0. The fourth-order valence-electron chi connectivity index (χ4n) is 3.43. The molecule has 1 amide bonds. The first-order chi connectivity index (χ1) is 12.4. The van der Waals surface area contributed by atoms with Gasteiger partial charge in [0.1, 0.15) is 5.00 Å². The summed E-state index contributed by atoms with van der Waals surface area (Å²) in [6.07, 6.45) is 3.91. The SMILES string of the molecule is CCc1c(C)sc(NC(=O)c2cnn(C3CCOCC3)c2C)c1C(=O)O. The Morgan fingerprint density at radius 3 is 2.69 bits per heavy atom. The van der Waals surface area contributed by atoms with E-state index in [9.17, 15) is 14.7 Å². The van der Waals surface area contributed by atoms with E-state index in [0.29, 0.717) is 30.2 Å². The van der Waals surface area contributed by atoms with Crippen LogP contribution >= 0.6 is 11.3 Å². The number of anilines is 1. The molecule has 8 heteroatoms. The van der Waals surface area contributed by atoms with Gasteiger partial charge in [0.2, 0.25) is 0 Å². The van der Waals surface area contributed by atoms with Crippen LogP contribution in [0.25, 0.3) is 0 Å². The van der Waals surface area contributed by atoms with Gasteiger partial charge in [0.05, 0.1) is 23.4 Å². The minimum atomic E-state index is -1.02. The molecule has 3 rings (SSSR count). The zero-order valence-electron chi connectivity index (χ0n) is 15.2.